The normalized spacial score (nSPS) is 11.8. The van der Waals surface area contributed by atoms with Crippen molar-refractivity contribution in [1.82, 2.24) is 9.38 Å². The molecule has 2 heterocycles. The van der Waals surface area contributed by atoms with Crippen molar-refractivity contribution in [1.29, 1.82) is 0 Å². The molecular weight excluding hydrogens is 397 g/mol. The van der Waals surface area contributed by atoms with Crippen LogP contribution in [0.5, 0.6) is 5.75 Å². The summed E-state index contributed by atoms with van der Waals surface area (Å²) in [7, 11) is 1.63. The van der Waals surface area contributed by atoms with Gasteiger partial charge in [-0.05, 0) is 48.5 Å². The van der Waals surface area contributed by atoms with Crippen LogP contribution in [0.3, 0.4) is 0 Å². The quantitative estimate of drug-likeness (QED) is 0.272. The number of methoxy groups -OCH3 is 1. The topological polar surface area (TPSA) is 59.1 Å². The smallest absolute Gasteiger partial charge is 0.136 e. The van der Waals surface area contributed by atoms with E-state index < -0.39 is 0 Å². The molecule has 0 fully saturated rings. The van der Waals surface area contributed by atoms with E-state index in [9.17, 15) is 5.21 Å². The van der Waals surface area contributed by atoms with Crippen molar-refractivity contribution in [3.05, 3.63) is 88.3 Å². The summed E-state index contributed by atoms with van der Waals surface area (Å²) in [5, 5.41) is 14.0. The van der Waals surface area contributed by atoms with E-state index in [1.165, 1.54) is 0 Å². The fraction of sp³-hybridized carbons (Fsp3) is 0.0476. The molecule has 0 atom stereocenters. The summed E-state index contributed by atoms with van der Waals surface area (Å²) in [5.74, 6) is 0.773. The van der Waals surface area contributed by atoms with Gasteiger partial charge in [0.15, 0.2) is 0 Å². The zero-order valence-corrected chi connectivity index (χ0v) is 16.3. The minimum atomic E-state index is 0.280. The molecule has 0 radical (unpaired) electrons. The van der Waals surface area contributed by atoms with Crippen LogP contribution in [0.4, 0.5) is 0 Å². The van der Waals surface area contributed by atoms with Gasteiger partial charge in [-0.25, -0.2) is 0 Å². The van der Waals surface area contributed by atoms with Crippen molar-refractivity contribution in [2.75, 3.05) is 7.11 Å². The largest absolute Gasteiger partial charge is 0.497 e. The molecule has 2 aromatic heterocycles. The summed E-state index contributed by atoms with van der Waals surface area (Å²) in [5.41, 5.74) is 3.93. The molecule has 0 amide bonds. The monoisotopic (exact) mass is 411 g/mol. The average Bonchev–Trinajstić information content (AvgIpc) is 3.14. The third-order valence-corrected chi connectivity index (χ3v) is 5.09. The highest BCUT2D eigenvalue weighted by atomic mass is 35.5. The second kappa shape index (κ2) is 7.54. The highest BCUT2D eigenvalue weighted by molar-refractivity contribution is 6.41. The van der Waals surface area contributed by atoms with E-state index in [0.717, 1.165) is 22.5 Å². The number of hydrogen-bond donors (Lipinski definition) is 1. The SMILES string of the molecule is COc1ccc(-c2cn3c(/C(=N\O)c4c(Cl)cccc4Cl)ccc3cn2)cc1. The van der Waals surface area contributed by atoms with Crippen molar-refractivity contribution < 1.29 is 9.94 Å². The van der Waals surface area contributed by atoms with E-state index in [0.29, 0.717) is 21.3 Å². The summed E-state index contributed by atoms with van der Waals surface area (Å²) in [6, 6.07) is 16.5. The molecule has 4 rings (SSSR count). The number of benzene rings is 2. The number of fused-ring (bicyclic) bond motifs is 1. The molecule has 140 valence electrons. The van der Waals surface area contributed by atoms with E-state index >= 15 is 0 Å². The van der Waals surface area contributed by atoms with E-state index in [1.54, 1.807) is 31.5 Å². The zero-order valence-electron chi connectivity index (χ0n) is 14.8. The lowest BCUT2D eigenvalue weighted by Gasteiger charge is -2.10. The Morgan fingerprint density at radius 1 is 1.04 bits per heavy atom. The maximum atomic E-state index is 9.73. The first kappa shape index (κ1) is 18.3. The van der Waals surface area contributed by atoms with Crippen molar-refractivity contribution in [3.8, 4) is 17.0 Å². The first-order valence-electron chi connectivity index (χ1n) is 8.40. The number of hydrogen-bond acceptors (Lipinski definition) is 4. The Labute approximate surface area is 171 Å². The Morgan fingerprint density at radius 2 is 1.75 bits per heavy atom. The van der Waals surface area contributed by atoms with Crippen LogP contribution in [0.1, 0.15) is 11.3 Å². The van der Waals surface area contributed by atoms with Crippen LogP contribution >= 0.6 is 23.2 Å². The predicted octanol–water partition coefficient (Wildman–Crippen LogP) is 5.54. The zero-order chi connectivity index (χ0) is 19.7. The van der Waals surface area contributed by atoms with Gasteiger partial charge in [0.05, 0.1) is 40.3 Å². The van der Waals surface area contributed by atoms with Crippen LogP contribution in [-0.4, -0.2) is 27.4 Å². The van der Waals surface area contributed by atoms with Gasteiger partial charge in [-0.2, -0.15) is 0 Å². The molecule has 0 saturated carbocycles. The fourth-order valence-electron chi connectivity index (χ4n) is 3.06. The lowest BCUT2D eigenvalue weighted by molar-refractivity contribution is 0.319. The molecule has 7 heteroatoms. The van der Waals surface area contributed by atoms with Crippen LogP contribution in [0.2, 0.25) is 10.0 Å². The maximum Gasteiger partial charge on any atom is 0.136 e. The Morgan fingerprint density at radius 3 is 2.39 bits per heavy atom. The number of nitrogens with zero attached hydrogens (tertiary/aromatic N) is 3. The Kier molecular flexibility index (Phi) is 4.94. The molecular formula is C21H15Cl2N3O2. The van der Waals surface area contributed by atoms with Crippen molar-refractivity contribution in [2.45, 2.75) is 0 Å². The van der Waals surface area contributed by atoms with Gasteiger partial charge in [0.1, 0.15) is 11.5 Å². The van der Waals surface area contributed by atoms with Gasteiger partial charge < -0.3 is 14.3 Å². The van der Waals surface area contributed by atoms with Gasteiger partial charge >= 0.3 is 0 Å². The van der Waals surface area contributed by atoms with Gasteiger partial charge in [-0.3, -0.25) is 4.98 Å². The van der Waals surface area contributed by atoms with Crippen molar-refractivity contribution in [3.63, 3.8) is 0 Å². The van der Waals surface area contributed by atoms with Gasteiger partial charge in [-0.15, -0.1) is 0 Å². The lowest BCUT2D eigenvalue weighted by atomic mass is 10.1. The number of ether oxygens (including phenoxy) is 1. The molecule has 4 aromatic rings. The van der Waals surface area contributed by atoms with E-state index in [2.05, 4.69) is 10.1 Å². The Balaban J connectivity index is 1.86. The lowest BCUT2D eigenvalue weighted by Crippen LogP contribution is -2.09. The van der Waals surface area contributed by atoms with Crippen LogP contribution in [0, 0.1) is 0 Å². The molecule has 0 aliphatic carbocycles. The molecule has 0 unspecified atom stereocenters. The first-order chi connectivity index (χ1) is 13.6. The van der Waals surface area contributed by atoms with Gasteiger partial charge in [0, 0.05) is 17.3 Å². The molecule has 2 aromatic carbocycles. The first-order valence-corrected chi connectivity index (χ1v) is 9.16. The minimum Gasteiger partial charge on any atom is -0.497 e. The highest BCUT2D eigenvalue weighted by Gasteiger charge is 2.19. The van der Waals surface area contributed by atoms with Crippen molar-refractivity contribution in [2.24, 2.45) is 5.16 Å². The summed E-state index contributed by atoms with van der Waals surface area (Å²) >= 11 is 12.6. The number of aromatic nitrogens is 2. The number of halogens is 2. The highest BCUT2D eigenvalue weighted by Crippen LogP contribution is 2.29. The standard InChI is InChI=1S/C21H15Cl2N3O2/c1-28-15-8-5-13(6-9-15)18-12-26-14(11-24-18)7-10-19(26)21(25-27)20-16(22)3-2-4-17(20)23/h2-12,27H,1H3/b25-21+. The molecule has 0 saturated heterocycles. The fourth-order valence-corrected chi connectivity index (χ4v) is 3.64. The van der Waals surface area contributed by atoms with E-state index in [4.69, 9.17) is 27.9 Å². The van der Waals surface area contributed by atoms with Crippen molar-refractivity contribution >= 4 is 34.4 Å². The molecule has 0 aliphatic rings. The predicted molar refractivity (Wildman–Crippen MR) is 111 cm³/mol. The minimum absolute atomic E-state index is 0.280. The van der Waals surface area contributed by atoms with Crippen LogP contribution in [0.15, 0.2) is 72.1 Å². The molecule has 5 nitrogen and oxygen atoms in total. The van der Waals surface area contributed by atoms with Crippen LogP contribution < -0.4 is 4.74 Å². The molecule has 0 bridgehead atoms. The van der Waals surface area contributed by atoms with E-state index in [1.807, 2.05) is 47.0 Å². The van der Waals surface area contributed by atoms with Gasteiger partial charge in [0.2, 0.25) is 0 Å². The third-order valence-electron chi connectivity index (χ3n) is 4.46. The number of oxime groups is 1. The molecule has 0 spiro atoms. The van der Waals surface area contributed by atoms with E-state index in [-0.39, 0.29) is 5.71 Å². The Bertz CT molecular complexity index is 1160. The van der Waals surface area contributed by atoms with Crippen LogP contribution in [0.25, 0.3) is 16.8 Å². The van der Waals surface area contributed by atoms with Crippen LogP contribution in [-0.2, 0) is 0 Å². The Hall–Kier alpha value is -3.02. The molecule has 0 aliphatic heterocycles. The average molecular weight is 412 g/mol. The summed E-state index contributed by atoms with van der Waals surface area (Å²) in [6.07, 6.45) is 3.63. The maximum absolute atomic E-state index is 9.73. The number of rotatable bonds is 4. The third kappa shape index (κ3) is 3.19. The summed E-state index contributed by atoms with van der Waals surface area (Å²) in [4.78, 5) is 4.52. The molecule has 28 heavy (non-hydrogen) atoms. The summed E-state index contributed by atoms with van der Waals surface area (Å²) < 4.78 is 7.10. The molecule has 1 N–H and O–H groups in total. The van der Waals surface area contributed by atoms with Gasteiger partial charge in [-0.1, -0.05) is 34.4 Å². The second-order valence-electron chi connectivity index (χ2n) is 6.06. The van der Waals surface area contributed by atoms with Gasteiger partial charge in [0.25, 0.3) is 0 Å². The summed E-state index contributed by atoms with van der Waals surface area (Å²) in [6.45, 7) is 0. The second-order valence-corrected chi connectivity index (χ2v) is 6.87.